The van der Waals surface area contributed by atoms with Crippen molar-refractivity contribution in [2.24, 2.45) is 0 Å². The molecular weight excluding hydrogens is 166 g/mol. The van der Waals surface area contributed by atoms with E-state index in [1.54, 1.807) is 13.0 Å². The standard InChI is InChI=1S/C10H11NO2/c1-6-4-7(2)11-9(5-6)10(13)8(3)12/h4-5H,1-3H3. The molecular formula is C10H11NO2. The van der Waals surface area contributed by atoms with Gasteiger partial charge in [-0.1, -0.05) is 0 Å². The second kappa shape index (κ2) is 3.47. The lowest BCUT2D eigenvalue weighted by Crippen LogP contribution is -2.12. The molecule has 0 radical (unpaired) electrons. The quantitative estimate of drug-likeness (QED) is 0.507. The van der Waals surface area contributed by atoms with Gasteiger partial charge >= 0.3 is 0 Å². The summed E-state index contributed by atoms with van der Waals surface area (Å²) < 4.78 is 0. The van der Waals surface area contributed by atoms with Crippen LogP contribution in [0.3, 0.4) is 0 Å². The third kappa shape index (κ3) is 2.21. The first-order valence-corrected chi connectivity index (χ1v) is 4.01. The largest absolute Gasteiger partial charge is 0.291 e. The first-order valence-electron chi connectivity index (χ1n) is 4.01. The Bertz CT molecular complexity index is 349. The van der Waals surface area contributed by atoms with Crippen LogP contribution in [0.2, 0.25) is 0 Å². The number of rotatable bonds is 2. The molecule has 0 aliphatic rings. The van der Waals surface area contributed by atoms with Crippen molar-refractivity contribution < 1.29 is 9.59 Å². The molecule has 0 fully saturated rings. The highest BCUT2D eigenvalue weighted by molar-refractivity contribution is 6.42. The molecule has 68 valence electrons. The van der Waals surface area contributed by atoms with Gasteiger partial charge in [0.25, 0.3) is 0 Å². The highest BCUT2D eigenvalue weighted by Crippen LogP contribution is 2.05. The lowest BCUT2D eigenvalue weighted by Gasteiger charge is -2.00. The van der Waals surface area contributed by atoms with Crippen molar-refractivity contribution in [1.82, 2.24) is 4.98 Å². The molecule has 1 rings (SSSR count). The van der Waals surface area contributed by atoms with Crippen LogP contribution in [0.15, 0.2) is 12.1 Å². The summed E-state index contributed by atoms with van der Waals surface area (Å²) in [6.45, 7) is 4.91. The monoisotopic (exact) mass is 177 g/mol. The van der Waals surface area contributed by atoms with Crippen molar-refractivity contribution in [2.45, 2.75) is 20.8 Å². The Labute approximate surface area is 76.8 Å². The van der Waals surface area contributed by atoms with E-state index in [1.165, 1.54) is 6.92 Å². The summed E-state index contributed by atoms with van der Waals surface area (Å²) in [6, 6.07) is 3.48. The number of carbonyl (C=O) groups is 2. The molecule has 0 aromatic carbocycles. The van der Waals surface area contributed by atoms with E-state index in [1.807, 2.05) is 13.0 Å². The van der Waals surface area contributed by atoms with Crippen molar-refractivity contribution in [1.29, 1.82) is 0 Å². The van der Waals surface area contributed by atoms with Crippen LogP contribution < -0.4 is 0 Å². The Hall–Kier alpha value is -1.51. The fourth-order valence-corrected chi connectivity index (χ4v) is 1.14. The number of hydrogen-bond acceptors (Lipinski definition) is 3. The molecule has 0 amide bonds. The second-order valence-electron chi connectivity index (χ2n) is 3.06. The topological polar surface area (TPSA) is 47.0 Å². The molecule has 0 saturated heterocycles. The van der Waals surface area contributed by atoms with Gasteiger partial charge in [0.15, 0.2) is 0 Å². The van der Waals surface area contributed by atoms with Crippen LogP contribution in [-0.4, -0.2) is 16.6 Å². The van der Waals surface area contributed by atoms with Crippen molar-refractivity contribution in [3.63, 3.8) is 0 Å². The summed E-state index contributed by atoms with van der Waals surface area (Å²) in [7, 11) is 0. The van der Waals surface area contributed by atoms with Gasteiger partial charge in [-0.05, 0) is 31.5 Å². The zero-order valence-corrected chi connectivity index (χ0v) is 7.92. The predicted octanol–water partition coefficient (Wildman–Crippen LogP) is 1.47. The van der Waals surface area contributed by atoms with Gasteiger partial charge in [0.2, 0.25) is 11.6 Å². The van der Waals surface area contributed by atoms with E-state index >= 15 is 0 Å². The molecule has 13 heavy (non-hydrogen) atoms. The first-order chi connectivity index (χ1) is 6.00. The fourth-order valence-electron chi connectivity index (χ4n) is 1.14. The summed E-state index contributed by atoms with van der Waals surface area (Å²) in [5.74, 6) is -0.996. The smallest absolute Gasteiger partial charge is 0.246 e. The van der Waals surface area contributed by atoms with E-state index in [-0.39, 0.29) is 5.69 Å². The van der Waals surface area contributed by atoms with Gasteiger partial charge in [0.05, 0.1) is 0 Å². The molecule has 0 saturated carbocycles. The normalized spacial score (nSPS) is 9.77. The van der Waals surface area contributed by atoms with E-state index in [0.29, 0.717) is 0 Å². The Morgan fingerprint density at radius 3 is 2.31 bits per heavy atom. The van der Waals surface area contributed by atoms with Crippen molar-refractivity contribution in [3.8, 4) is 0 Å². The second-order valence-corrected chi connectivity index (χ2v) is 3.06. The first kappa shape index (κ1) is 9.58. The average molecular weight is 177 g/mol. The van der Waals surface area contributed by atoms with E-state index < -0.39 is 11.6 Å². The van der Waals surface area contributed by atoms with E-state index in [0.717, 1.165) is 11.3 Å². The maximum atomic E-state index is 11.2. The Morgan fingerprint density at radius 1 is 1.23 bits per heavy atom. The lowest BCUT2D eigenvalue weighted by molar-refractivity contribution is -0.113. The molecule has 0 bridgehead atoms. The minimum atomic E-state index is -0.521. The highest BCUT2D eigenvalue weighted by Gasteiger charge is 2.12. The number of Topliss-reactive ketones (excluding diaryl/α,β-unsaturated/α-hetero) is 2. The number of aryl methyl sites for hydroxylation is 2. The van der Waals surface area contributed by atoms with E-state index in [2.05, 4.69) is 4.98 Å². The van der Waals surface area contributed by atoms with Gasteiger partial charge in [0, 0.05) is 12.6 Å². The molecule has 3 nitrogen and oxygen atoms in total. The van der Waals surface area contributed by atoms with Crippen LogP contribution in [0, 0.1) is 13.8 Å². The molecule has 1 aromatic rings. The van der Waals surface area contributed by atoms with E-state index in [4.69, 9.17) is 0 Å². The minimum Gasteiger partial charge on any atom is -0.291 e. The fraction of sp³-hybridized carbons (Fsp3) is 0.300. The van der Waals surface area contributed by atoms with Crippen LogP contribution in [0.4, 0.5) is 0 Å². The van der Waals surface area contributed by atoms with Gasteiger partial charge in [0.1, 0.15) is 5.69 Å². The Kier molecular flexibility index (Phi) is 2.56. The van der Waals surface area contributed by atoms with Crippen LogP contribution in [-0.2, 0) is 4.79 Å². The summed E-state index contributed by atoms with van der Waals surface area (Å²) in [4.78, 5) is 26.0. The zero-order valence-electron chi connectivity index (χ0n) is 7.92. The summed E-state index contributed by atoms with van der Waals surface area (Å²) in [5, 5.41) is 0. The number of nitrogens with zero attached hydrogens (tertiary/aromatic N) is 1. The Morgan fingerprint density at radius 2 is 1.85 bits per heavy atom. The molecule has 1 heterocycles. The predicted molar refractivity (Wildman–Crippen MR) is 48.7 cm³/mol. The number of ketones is 2. The number of aromatic nitrogens is 1. The van der Waals surface area contributed by atoms with Crippen LogP contribution >= 0.6 is 0 Å². The van der Waals surface area contributed by atoms with Gasteiger partial charge < -0.3 is 0 Å². The summed E-state index contributed by atoms with van der Waals surface area (Å²) in [5.41, 5.74) is 1.94. The summed E-state index contributed by atoms with van der Waals surface area (Å²) >= 11 is 0. The third-order valence-electron chi connectivity index (χ3n) is 1.65. The zero-order chi connectivity index (χ0) is 10.0. The third-order valence-corrected chi connectivity index (χ3v) is 1.65. The van der Waals surface area contributed by atoms with Gasteiger partial charge in [-0.3, -0.25) is 9.59 Å². The molecule has 0 aliphatic carbocycles. The van der Waals surface area contributed by atoms with Crippen molar-refractivity contribution in [2.75, 3.05) is 0 Å². The van der Waals surface area contributed by atoms with Gasteiger partial charge in [-0.25, -0.2) is 4.98 Å². The highest BCUT2D eigenvalue weighted by atomic mass is 16.2. The molecule has 0 N–H and O–H groups in total. The number of carbonyl (C=O) groups excluding carboxylic acids is 2. The maximum Gasteiger partial charge on any atom is 0.246 e. The molecule has 0 spiro atoms. The van der Waals surface area contributed by atoms with Crippen LogP contribution in [0.5, 0.6) is 0 Å². The van der Waals surface area contributed by atoms with Crippen LogP contribution in [0.1, 0.15) is 28.7 Å². The molecule has 3 heteroatoms. The van der Waals surface area contributed by atoms with Gasteiger partial charge in [-0.15, -0.1) is 0 Å². The Balaban J connectivity index is 3.15. The maximum absolute atomic E-state index is 11.2. The van der Waals surface area contributed by atoms with Crippen molar-refractivity contribution in [3.05, 3.63) is 29.1 Å². The molecule has 1 aromatic heterocycles. The average Bonchev–Trinajstić information content (AvgIpc) is 2.01. The van der Waals surface area contributed by atoms with Crippen LogP contribution in [0.25, 0.3) is 0 Å². The van der Waals surface area contributed by atoms with Crippen molar-refractivity contribution >= 4 is 11.6 Å². The number of hydrogen-bond donors (Lipinski definition) is 0. The minimum absolute atomic E-state index is 0.241. The molecule has 0 aliphatic heterocycles. The summed E-state index contributed by atoms with van der Waals surface area (Å²) in [6.07, 6.45) is 0. The molecule has 0 unspecified atom stereocenters. The molecule has 0 atom stereocenters. The number of pyridine rings is 1. The SMILES string of the molecule is CC(=O)C(=O)c1cc(C)cc(C)n1. The lowest BCUT2D eigenvalue weighted by atomic mass is 10.1. The van der Waals surface area contributed by atoms with E-state index in [9.17, 15) is 9.59 Å². The van der Waals surface area contributed by atoms with Gasteiger partial charge in [-0.2, -0.15) is 0 Å².